The lowest BCUT2D eigenvalue weighted by atomic mass is 10.0. The molecule has 176 valence electrons. The number of ether oxygens (including phenoxy) is 2. The molecule has 0 atom stereocenters. The van der Waals surface area contributed by atoms with Crippen molar-refractivity contribution in [2.24, 2.45) is 0 Å². The van der Waals surface area contributed by atoms with Crippen LogP contribution in [0.4, 0.5) is 31.1 Å². The third-order valence-corrected chi connectivity index (χ3v) is 4.98. The summed E-state index contributed by atoms with van der Waals surface area (Å²) in [6.45, 7) is -0.230. The molecule has 0 radical (unpaired) electrons. The predicted octanol–water partition coefficient (Wildman–Crippen LogP) is 5.70. The predicted molar refractivity (Wildman–Crippen MR) is 104 cm³/mol. The van der Waals surface area contributed by atoms with Gasteiger partial charge in [0.2, 0.25) is 0 Å². The molecule has 1 amide bonds. The molecule has 5 nitrogen and oxygen atoms in total. The molecule has 1 heterocycles. The number of carbonyl (C=O) groups is 1. The number of halogens is 6. The van der Waals surface area contributed by atoms with E-state index in [1.807, 2.05) is 12.1 Å². The molecule has 0 bridgehead atoms. The second-order valence-corrected chi connectivity index (χ2v) is 7.37. The minimum absolute atomic E-state index is 0.115. The van der Waals surface area contributed by atoms with E-state index in [1.165, 1.54) is 0 Å². The van der Waals surface area contributed by atoms with Gasteiger partial charge in [-0.3, -0.25) is 0 Å². The molecule has 0 saturated carbocycles. The molecule has 1 saturated heterocycles. The number of alkyl halides is 6. The van der Waals surface area contributed by atoms with Crippen LogP contribution in [0.3, 0.4) is 0 Å². The van der Waals surface area contributed by atoms with Gasteiger partial charge in [0.25, 0.3) is 6.10 Å². The lowest BCUT2D eigenvalue weighted by Gasteiger charge is -2.33. The van der Waals surface area contributed by atoms with Crippen molar-refractivity contribution in [3.05, 3.63) is 54.1 Å². The van der Waals surface area contributed by atoms with Crippen LogP contribution in [-0.4, -0.2) is 48.6 Å². The van der Waals surface area contributed by atoms with Gasteiger partial charge in [0.1, 0.15) is 11.9 Å². The Hall–Kier alpha value is -3.42. The SMILES string of the molecule is N#Cc1cccc(-c2cccc(OC3CCN(C(=O)OC(C(F)(F)F)C(F)(F)F)CC3)c2)c1. The summed E-state index contributed by atoms with van der Waals surface area (Å²) in [6, 6.07) is 16.1. The first-order valence-electron chi connectivity index (χ1n) is 9.83. The van der Waals surface area contributed by atoms with Gasteiger partial charge in [0, 0.05) is 25.9 Å². The number of amides is 1. The summed E-state index contributed by atoms with van der Waals surface area (Å²) in [5, 5.41) is 9.05. The van der Waals surface area contributed by atoms with E-state index in [9.17, 15) is 31.1 Å². The normalized spacial score (nSPS) is 15.3. The van der Waals surface area contributed by atoms with Crippen LogP contribution in [0.15, 0.2) is 48.5 Å². The summed E-state index contributed by atoms with van der Waals surface area (Å²) in [5.41, 5.74) is 2.10. The van der Waals surface area contributed by atoms with E-state index in [2.05, 4.69) is 10.8 Å². The summed E-state index contributed by atoms with van der Waals surface area (Å²) in [4.78, 5) is 12.7. The Morgan fingerprint density at radius 2 is 1.55 bits per heavy atom. The highest BCUT2D eigenvalue weighted by Gasteiger charge is 2.60. The van der Waals surface area contributed by atoms with Gasteiger partial charge in [-0.05, 0) is 35.4 Å². The monoisotopic (exact) mass is 472 g/mol. The Labute approximate surface area is 185 Å². The van der Waals surface area contributed by atoms with Gasteiger partial charge in [0.15, 0.2) is 0 Å². The van der Waals surface area contributed by atoms with Crippen molar-refractivity contribution in [2.45, 2.75) is 37.4 Å². The molecule has 1 fully saturated rings. The topological polar surface area (TPSA) is 62.6 Å². The molecule has 2 aromatic carbocycles. The van der Waals surface area contributed by atoms with Gasteiger partial charge in [0.05, 0.1) is 11.6 Å². The second kappa shape index (κ2) is 9.60. The highest BCUT2D eigenvalue weighted by Crippen LogP contribution is 2.36. The molecule has 0 spiro atoms. The highest BCUT2D eigenvalue weighted by molar-refractivity contribution is 5.68. The number of likely N-dealkylation sites (tertiary alicyclic amines) is 1. The van der Waals surface area contributed by atoms with Crippen LogP contribution in [0.25, 0.3) is 11.1 Å². The number of nitrogens with zero attached hydrogens (tertiary/aromatic N) is 2. The zero-order valence-corrected chi connectivity index (χ0v) is 17.0. The van der Waals surface area contributed by atoms with Gasteiger partial charge in [-0.1, -0.05) is 24.3 Å². The van der Waals surface area contributed by atoms with Gasteiger partial charge in [-0.15, -0.1) is 0 Å². The third-order valence-electron chi connectivity index (χ3n) is 4.98. The number of benzene rings is 2. The Bertz CT molecular complexity index is 1010. The van der Waals surface area contributed by atoms with E-state index in [-0.39, 0.29) is 25.9 Å². The van der Waals surface area contributed by atoms with Crippen LogP contribution in [0, 0.1) is 11.3 Å². The Morgan fingerprint density at radius 3 is 2.12 bits per heavy atom. The fourth-order valence-electron chi connectivity index (χ4n) is 3.36. The Morgan fingerprint density at radius 1 is 0.970 bits per heavy atom. The summed E-state index contributed by atoms with van der Waals surface area (Å²) in [7, 11) is 0. The van der Waals surface area contributed by atoms with Gasteiger partial charge >= 0.3 is 18.4 Å². The molecule has 3 rings (SSSR count). The fraction of sp³-hybridized carbons (Fsp3) is 0.364. The third kappa shape index (κ3) is 6.31. The number of piperidine rings is 1. The molecule has 0 N–H and O–H groups in total. The first-order valence-corrected chi connectivity index (χ1v) is 9.83. The molecule has 0 unspecified atom stereocenters. The van der Waals surface area contributed by atoms with Crippen molar-refractivity contribution < 1.29 is 40.6 Å². The number of hydrogen-bond donors (Lipinski definition) is 0. The number of carbonyl (C=O) groups excluding carboxylic acids is 1. The average molecular weight is 472 g/mol. The molecule has 11 heteroatoms. The number of hydrogen-bond acceptors (Lipinski definition) is 4. The lowest BCUT2D eigenvalue weighted by Crippen LogP contribution is -2.50. The van der Waals surface area contributed by atoms with Crippen LogP contribution < -0.4 is 4.74 Å². The van der Waals surface area contributed by atoms with Gasteiger partial charge < -0.3 is 14.4 Å². The number of rotatable bonds is 4. The van der Waals surface area contributed by atoms with E-state index in [0.717, 1.165) is 16.0 Å². The Balaban J connectivity index is 1.58. The van der Waals surface area contributed by atoms with E-state index in [1.54, 1.807) is 36.4 Å². The van der Waals surface area contributed by atoms with Crippen LogP contribution in [0.2, 0.25) is 0 Å². The number of nitriles is 1. The van der Waals surface area contributed by atoms with Gasteiger partial charge in [-0.25, -0.2) is 4.79 Å². The van der Waals surface area contributed by atoms with Crippen molar-refractivity contribution in [2.75, 3.05) is 13.1 Å². The molecule has 33 heavy (non-hydrogen) atoms. The first-order chi connectivity index (χ1) is 15.5. The molecule has 2 aromatic rings. The summed E-state index contributed by atoms with van der Waals surface area (Å²) in [6.07, 6.45) is -17.4. The van der Waals surface area contributed by atoms with E-state index >= 15 is 0 Å². The second-order valence-electron chi connectivity index (χ2n) is 7.37. The Kier molecular flexibility index (Phi) is 7.05. The maximum Gasteiger partial charge on any atom is 0.434 e. The average Bonchev–Trinajstić information content (AvgIpc) is 2.76. The van der Waals surface area contributed by atoms with Crippen molar-refractivity contribution >= 4 is 6.09 Å². The van der Waals surface area contributed by atoms with E-state index in [4.69, 9.17) is 10.00 Å². The lowest BCUT2D eigenvalue weighted by molar-refractivity contribution is -0.308. The van der Waals surface area contributed by atoms with Crippen LogP contribution in [-0.2, 0) is 4.74 Å². The van der Waals surface area contributed by atoms with Crippen LogP contribution in [0.1, 0.15) is 18.4 Å². The smallest absolute Gasteiger partial charge is 0.434 e. The van der Waals surface area contributed by atoms with Crippen molar-refractivity contribution in [3.63, 3.8) is 0 Å². The van der Waals surface area contributed by atoms with Crippen molar-refractivity contribution in [1.82, 2.24) is 4.90 Å². The zero-order chi connectivity index (χ0) is 24.2. The summed E-state index contributed by atoms with van der Waals surface area (Å²) < 4.78 is 85.2. The maximum atomic E-state index is 12.6. The van der Waals surface area contributed by atoms with Crippen LogP contribution in [0.5, 0.6) is 5.75 Å². The molecule has 0 aliphatic carbocycles. The molecule has 1 aliphatic heterocycles. The zero-order valence-electron chi connectivity index (χ0n) is 17.0. The quantitative estimate of drug-likeness (QED) is 0.536. The van der Waals surface area contributed by atoms with Crippen LogP contribution >= 0.6 is 0 Å². The highest BCUT2D eigenvalue weighted by atomic mass is 19.4. The summed E-state index contributed by atoms with van der Waals surface area (Å²) >= 11 is 0. The van der Waals surface area contributed by atoms with E-state index < -0.39 is 30.7 Å². The summed E-state index contributed by atoms with van der Waals surface area (Å²) in [5.74, 6) is 0.505. The van der Waals surface area contributed by atoms with Crippen molar-refractivity contribution in [3.8, 4) is 22.9 Å². The first kappa shape index (κ1) is 24.2. The maximum absolute atomic E-state index is 12.6. The molecule has 0 aromatic heterocycles. The molecular weight excluding hydrogens is 454 g/mol. The minimum atomic E-state index is -5.76. The largest absolute Gasteiger partial charge is 0.490 e. The standard InChI is InChI=1S/C22H18F6N2O3/c23-21(24,25)19(22(26,27)28)33-20(31)30-9-7-17(8-10-30)32-18-6-2-5-16(12-18)15-4-1-3-14(11-15)13-29/h1-6,11-12,17,19H,7-10H2. The molecular formula is C22H18F6N2O3. The van der Waals surface area contributed by atoms with Gasteiger partial charge in [-0.2, -0.15) is 31.6 Å². The minimum Gasteiger partial charge on any atom is -0.490 e. The molecule has 1 aliphatic rings. The van der Waals surface area contributed by atoms with Crippen molar-refractivity contribution in [1.29, 1.82) is 5.26 Å². The fourth-order valence-corrected chi connectivity index (χ4v) is 3.36. The van der Waals surface area contributed by atoms with E-state index in [0.29, 0.717) is 11.3 Å².